The van der Waals surface area contributed by atoms with E-state index in [0.29, 0.717) is 5.69 Å². The topological polar surface area (TPSA) is 35.1 Å². The summed E-state index contributed by atoms with van der Waals surface area (Å²) in [5.74, 6) is 0. The zero-order chi connectivity index (χ0) is 35.0. The summed E-state index contributed by atoms with van der Waals surface area (Å²) in [6.07, 6.45) is 1.89. The van der Waals surface area contributed by atoms with Crippen molar-refractivity contribution in [1.29, 1.82) is 0 Å². The molecule has 0 aliphatic heterocycles. The quantitative estimate of drug-likeness (QED) is 0.138. The summed E-state index contributed by atoms with van der Waals surface area (Å²) in [4.78, 5) is 14.1. The van der Waals surface area contributed by atoms with Gasteiger partial charge in [0.05, 0.1) is 34.3 Å². The van der Waals surface area contributed by atoms with Gasteiger partial charge < -0.3 is 4.57 Å². The second-order valence-electron chi connectivity index (χ2n) is 13.6. The lowest BCUT2D eigenvalue weighted by Gasteiger charge is -2.16. The van der Waals surface area contributed by atoms with E-state index >= 15 is 0 Å². The molecule has 0 saturated carbocycles. The van der Waals surface area contributed by atoms with Gasteiger partial charge in [0.15, 0.2) is 5.69 Å². The van der Waals surface area contributed by atoms with Gasteiger partial charge in [0, 0.05) is 49.8 Å². The summed E-state index contributed by atoms with van der Waals surface area (Å²) >= 11 is 0. The monoisotopic (exact) mass is 672 g/mol. The third kappa shape index (κ3) is 4.35. The smallest absolute Gasteiger partial charge is 0.188 e. The van der Waals surface area contributed by atoms with Crippen LogP contribution in [0.1, 0.15) is 0 Å². The lowest BCUT2D eigenvalue weighted by molar-refractivity contribution is 1.18. The minimum absolute atomic E-state index is 0.636. The fraction of sp³-hybridized carbons (Fsp3) is 0. The lowest BCUT2D eigenvalue weighted by atomic mass is 9.90. The van der Waals surface area contributed by atoms with Crippen LogP contribution in [0.2, 0.25) is 0 Å². The molecule has 3 heterocycles. The van der Waals surface area contributed by atoms with Crippen molar-refractivity contribution in [1.82, 2.24) is 14.5 Å². The first-order chi connectivity index (χ1) is 26.2. The van der Waals surface area contributed by atoms with Gasteiger partial charge in [-0.25, -0.2) is 9.83 Å². The first-order valence-corrected chi connectivity index (χ1v) is 17.8. The molecule has 0 aliphatic carbocycles. The normalized spacial score (nSPS) is 11.8. The zero-order valence-electron chi connectivity index (χ0n) is 28.5. The molecule has 0 spiro atoms. The molecule has 3 aromatic heterocycles. The maximum Gasteiger partial charge on any atom is 0.188 e. The average molecular weight is 673 g/mol. The van der Waals surface area contributed by atoms with Gasteiger partial charge in [-0.15, -0.1) is 0 Å². The van der Waals surface area contributed by atoms with Crippen molar-refractivity contribution < 1.29 is 0 Å². The van der Waals surface area contributed by atoms with Gasteiger partial charge >= 0.3 is 0 Å². The minimum Gasteiger partial charge on any atom is -0.309 e. The Morgan fingerprint density at radius 1 is 0.491 bits per heavy atom. The highest BCUT2D eigenvalue weighted by Gasteiger charge is 2.19. The molecule has 11 rings (SSSR count). The van der Waals surface area contributed by atoms with Crippen LogP contribution < -0.4 is 0 Å². The lowest BCUT2D eigenvalue weighted by Crippen LogP contribution is -1.94. The Balaban J connectivity index is 1.18. The highest BCUT2D eigenvalue weighted by atomic mass is 15.0. The maximum atomic E-state index is 7.74. The average Bonchev–Trinajstić information content (AvgIpc) is 3.55. The summed E-state index contributed by atoms with van der Waals surface area (Å²) in [6, 6.07) is 57.8. The standard InChI is InChI=1S/C49H28N4/c1-50-33-21-26-45-42(29-33)41-28-32(20-25-44(41)53(45)34-11-3-2-4-12-34)35-23-24-38(37-14-6-5-13-36(35)37)49-40-22-19-30-17-18-31-10-9-27-51-48(31)46(30)47(40)39-15-7-8-16-43(39)52-49/h2-29H. The summed E-state index contributed by atoms with van der Waals surface area (Å²) in [5.41, 5.74) is 10.2. The Hall–Kier alpha value is -7.35. The Labute approximate surface area is 304 Å². The number of hydrogen-bond acceptors (Lipinski definition) is 2. The summed E-state index contributed by atoms with van der Waals surface area (Å²) in [6.45, 7) is 7.74. The second-order valence-corrected chi connectivity index (χ2v) is 13.6. The number of aromatic nitrogens is 3. The van der Waals surface area contributed by atoms with Crippen molar-refractivity contribution in [3.05, 3.63) is 181 Å². The van der Waals surface area contributed by atoms with E-state index in [-0.39, 0.29) is 0 Å². The molecule has 11 aromatic rings. The SMILES string of the molecule is [C-]#[N+]c1ccc2c(c1)c1cc(-c3ccc(-c4nc5ccccc5c5c4ccc4ccc6cccnc6c45)c4ccccc34)ccc1n2-c1ccccc1. The van der Waals surface area contributed by atoms with Crippen LogP contribution in [0.3, 0.4) is 0 Å². The molecule has 53 heavy (non-hydrogen) atoms. The van der Waals surface area contributed by atoms with Crippen molar-refractivity contribution in [2.24, 2.45) is 0 Å². The van der Waals surface area contributed by atoms with E-state index in [4.69, 9.17) is 16.5 Å². The van der Waals surface area contributed by atoms with Gasteiger partial charge in [-0.1, -0.05) is 115 Å². The molecule has 0 fully saturated rings. The predicted molar refractivity (Wildman–Crippen MR) is 221 cm³/mol. The second kappa shape index (κ2) is 11.3. The van der Waals surface area contributed by atoms with Gasteiger partial charge in [0.1, 0.15) is 0 Å². The molecule has 8 aromatic carbocycles. The zero-order valence-corrected chi connectivity index (χ0v) is 28.5. The number of nitrogens with zero attached hydrogens (tertiary/aromatic N) is 4. The fourth-order valence-corrected chi connectivity index (χ4v) is 8.46. The molecule has 0 saturated heterocycles. The van der Waals surface area contributed by atoms with E-state index in [1.165, 1.54) is 10.8 Å². The number of fused-ring (bicyclic) bond motifs is 11. The summed E-state index contributed by atoms with van der Waals surface area (Å²) < 4.78 is 2.29. The Morgan fingerprint density at radius 3 is 2.04 bits per heavy atom. The van der Waals surface area contributed by atoms with Crippen molar-refractivity contribution >= 4 is 81.6 Å². The van der Waals surface area contributed by atoms with Crippen LogP contribution in [0.15, 0.2) is 170 Å². The predicted octanol–water partition coefficient (Wildman–Crippen LogP) is 13.2. The molecule has 0 amide bonds. The number of hydrogen-bond donors (Lipinski definition) is 0. The molecule has 0 N–H and O–H groups in total. The van der Waals surface area contributed by atoms with Gasteiger partial charge in [-0.2, -0.15) is 0 Å². The molecule has 0 radical (unpaired) electrons. The Morgan fingerprint density at radius 2 is 1.19 bits per heavy atom. The van der Waals surface area contributed by atoms with Crippen LogP contribution in [0, 0.1) is 6.57 Å². The molecule has 0 unspecified atom stereocenters. The molecule has 0 atom stereocenters. The first kappa shape index (κ1) is 29.4. The first-order valence-electron chi connectivity index (χ1n) is 17.8. The van der Waals surface area contributed by atoms with Crippen LogP contribution in [-0.4, -0.2) is 14.5 Å². The van der Waals surface area contributed by atoms with Crippen LogP contribution in [0.5, 0.6) is 0 Å². The van der Waals surface area contributed by atoms with Crippen LogP contribution >= 0.6 is 0 Å². The van der Waals surface area contributed by atoms with Crippen molar-refractivity contribution in [2.75, 3.05) is 0 Å². The Kier molecular flexibility index (Phi) is 6.28. The third-order valence-electron chi connectivity index (χ3n) is 10.8. The number of benzene rings is 8. The maximum absolute atomic E-state index is 7.74. The van der Waals surface area contributed by atoms with Crippen molar-refractivity contribution in [3.8, 4) is 28.1 Å². The Bertz CT molecular complexity index is 3350. The largest absolute Gasteiger partial charge is 0.309 e. The van der Waals surface area contributed by atoms with E-state index in [9.17, 15) is 0 Å². The molecular weight excluding hydrogens is 645 g/mol. The molecule has 4 nitrogen and oxygen atoms in total. The molecule has 0 bridgehead atoms. The highest BCUT2D eigenvalue weighted by molar-refractivity contribution is 6.29. The van der Waals surface area contributed by atoms with Crippen LogP contribution in [-0.2, 0) is 0 Å². The molecule has 244 valence electrons. The van der Waals surface area contributed by atoms with Gasteiger partial charge in [-0.3, -0.25) is 4.98 Å². The highest BCUT2D eigenvalue weighted by Crippen LogP contribution is 2.44. The number of rotatable bonds is 3. The van der Waals surface area contributed by atoms with Crippen LogP contribution in [0.25, 0.3) is 109 Å². The van der Waals surface area contributed by atoms with Crippen LogP contribution in [0.4, 0.5) is 5.69 Å². The van der Waals surface area contributed by atoms with Gasteiger partial charge in [-0.05, 0) is 81.2 Å². The minimum atomic E-state index is 0.636. The van der Waals surface area contributed by atoms with Crippen molar-refractivity contribution in [2.45, 2.75) is 0 Å². The number of para-hydroxylation sites is 2. The molecular formula is C49H28N4. The third-order valence-corrected chi connectivity index (χ3v) is 10.8. The summed E-state index contributed by atoms with van der Waals surface area (Å²) in [7, 11) is 0. The van der Waals surface area contributed by atoms with Gasteiger partial charge in [0.2, 0.25) is 0 Å². The van der Waals surface area contributed by atoms with E-state index in [0.717, 1.165) is 93.2 Å². The van der Waals surface area contributed by atoms with E-state index < -0.39 is 0 Å². The van der Waals surface area contributed by atoms with E-state index in [2.05, 4.69) is 149 Å². The molecule has 4 heteroatoms. The fourth-order valence-electron chi connectivity index (χ4n) is 8.46. The molecule has 0 aliphatic rings. The number of pyridine rings is 2. The van der Waals surface area contributed by atoms with Crippen molar-refractivity contribution in [3.63, 3.8) is 0 Å². The summed E-state index contributed by atoms with van der Waals surface area (Å²) in [5, 5.41) is 11.4. The van der Waals surface area contributed by atoms with Gasteiger partial charge in [0.25, 0.3) is 0 Å². The van der Waals surface area contributed by atoms with E-state index in [1.54, 1.807) is 0 Å². The van der Waals surface area contributed by atoms with E-state index in [1.807, 2.05) is 30.5 Å².